The Kier molecular flexibility index (Phi) is 19.0. The van der Waals surface area contributed by atoms with E-state index in [9.17, 15) is 0 Å². The Morgan fingerprint density at radius 3 is 0.492 bits per heavy atom. The first kappa shape index (κ1) is 45.2. The van der Waals surface area contributed by atoms with Crippen LogP contribution >= 0.6 is 36.2 Å². The van der Waals surface area contributed by atoms with Gasteiger partial charge in [0.25, 0.3) is 0 Å². The first-order chi connectivity index (χ1) is 28.3. The van der Waals surface area contributed by atoms with Gasteiger partial charge in [-0.05, 0) is 96.6 Å². The molecule has 0 heterocycles. The molecule has 0 saturated carbocycles. The summed E-state index contributed by atoms with van der Waals surface area (Å²) in [6.07, 6.45) is 0. The summed E-state index contributed by atoms with van der Waals surface area (Å²) >= 11 is 0. The van der Waals surface area contributed by atoms with Crippen LogP contribution in [0.15, 0.2) is 273 Å². The summed E-state index contributed by atoms with van der Waals surface area (Å²) in [4.78, 5) is 0. The van der Waals surface area contributed by atoms with Gasteiger partial charge in [-0.15, -0.1) is 12.4 Å². The zero-order chi connectivity index (χ0) is 38.7. The van der Waals surface area contributed by atoms with Crippen molar-refractivity contribution in [2.24, 2.45) is 0 Å². The smallest absolute Gasteiger partial charge is 0.102 e. The third-order valence-electron chi connectivity index (χ3n) is 9.42. The molecule has 0 amide bonds. The summed E-state index contributed by atoms with van der Waals surface area (Å²) in [6, 6.07) is 97.3. The van der Waals surface area contributed by atoms with Crippen molar-refractivity contribution in [1.82, 2.24) is 0 Å². The summed E-state index contributed by atoms with van der Waals surface area (Å²) in [6.45, 7) is 0. The van der Waals surface area contributed by atoms with Crippen LogP contribution in [0, 0.1) is 0 Å². The molecule has 9 aromatic carbocycles. The monoisotopic (exact) mass is 887 g/mol. The van der Waals surface area contributed by atoms with Gasteiger partial charge in [0, 0.05) is 17.1 Å². The summed E-state index contributed by atoms with van der Waals surface area (Å²) in [5.41, 5.74) is 0. The number of hydrogen-bond acceptors (Lipinski definition) is 0. The Hall–Kier alpha value is -4.92. The van der Waals surface area contributed by atoms with Crippen molar-refractivity contribution in [2.75, 3.05) is 0 Å². The van der Waals surface area contributed by atoms with Crippen LogP contribution in [-0.4, -0.2) is 0 Å². The van der Waals surface area contributed by atoms with Gasteiger partial charge in [0.15, 0.2) is 0 Å². The Labute approximate surface area is 371 Å². The van der Waals surface area contributed by atoms with Gasteiger partial charge in [-0.3, -0.25) is 0 Å². The minimum absolute atomic E-state index is 0. The van der Waals surface area contributed by atoms with Crippen LogP contribution in [0.1, 0.15) is 0 Å². The second-order valence-corrected chi connectivity index (χ2v) is 20.5. The Balaban J connectivity index is 0.000000165. The van der Waals surface area contributed by atoms with Crippen LogP contribution in [0.5, 0.6) is 0 Å². The van der Waals surface area contributed by atoms with Gasteiger partial charge in [-0.2, -0.15) is 0 Å². The Bertz CT molecular complexity index is 1870. The molecule has 0 atom stereocenters. The quantitative estimate of drug-likeness (QED) is 0.100. The van der Waals surface area contributed by atoms with E-state index in [1.165, 1.54) is 47.7 Å². The molecular formula is C54H48ClCuP3+2. The predicted octanol–water partition coefficient (Wildman–Crippen LogP) is 10.2. The van der Waals surface area contributed by atoms with Crippen molar-refractivity contribution >= 4 is 83.9 Å². The molecule has 0 aliphatic heterocycles. The van der Waals surface area contributed by atoms with Crippen LogP contribution in [0.4, 0.5) is 0 Å². The molecule has 0 aromatic heterocycles. The maximum Gasteiger partial charge on any atom is 0.102 e. The molecular weight excluding hydrogens is 841 g/mol. The molecule has 1 radical (unpaired) electrons. The van der Waals surface area contributed by atoms with E-state index in [1.807, 2.05) is 0 Å². The average Bonchev–Trinajstić information content (AvgIpc) is 3.30. The Morgan fingerprint density at radius 2 is 0.339 bits per heavy atom. The molecule has 9 rings (SSSR count). The molecule has 295 valence electrons. The largest absolute Gasteiger partial charge is 0.147 e. The van der Waals surface area contributed by atoms with Crippen molar-refractivity contribution in [3.63, 3.8) is 0 Å². The number of hydrogen-bond donors (Lipinski definition) is 0. The first-order valence-electron chi connectivity index (χ1n) is 19.4. The van der Waals surface area contributed by atoms with E-state index in [2.05, 4.69) is 273 Å². The van der Waals surface area contributed by atoms with E-state index in [0.29, 0.717) is 0 Å². The minimum Gasteiger partial charge on any atom is -0.147 e. The van der Waals surface area contributed by atoms with Gasteiger partial charge < -0.3 is 0 Å². The fourth-order valence-corrected chi connectivity index (χ4v) is 14.3. The molecule has 0 N–H and O–H groups in total. The predicted molar refractivity (Wildman–Crippen MR) is 265 cm³/mol. The van der Waals surface area contributed by atoms with Gasteiger partial charge in [0.05, 0.1) is 15.8 Å². The summed E-state index contributed by atoms with van der Waals surface area (Å²) in [7, 11) is -2.20. The zero-order valence-corrected chi connectivity index (χ0v) is 37.3. The number of rotatable bonds is 9. The van der Waals surface area contributed by atoms with Crippen molar-refractivity contribution in [2.45, 2.75) is 0 Å². The van der Waals surface area contributed by atoms with E-state index in [0.717, 1.165) is 0 Å². The van der Waals surface area contributed by atoms with Crippen molar-refractivity contribution in [1.29, 1.82) is 0 Å². The van der Waals surface area contributed by atoms with Gasteiger partial charge in [-0.25, -0.2) is 0 Å². The second kappa shape index (κ2) is 24.9. The average molecular weight is 889 g/mol. The van der Waals surface area contributed by atoms with Gasteiger partial charge in [-0.1, -0.05) is 200 Å². The molecule has 59 heavy (non-hydrogen) atoms. The van der Waals surface area contributed by atoms with E-state index >= 15 is 0 Å². The van der Waals surface area contributed by atoms with E-state index < -0.39 is 23.8 Å². The van der Waals surface area contributed by atoms with E-state index in [-0.39, 0.29) is 29.5 Å². The molecule has 0 aliphatic rings. The molecule has 0 nitrogen and oxygen atoms in total. The van der Waals surface area contributed by atoms with Crippen molar-refractivity contribution in [3.05, 3.63) is 273 Å². The van der Waals surface area contributed by atoms with Gasteiger partial charge >= 0.3 is 0 Å². The number of halogens is 1. The summed E-state index contributed by atoms with van der Waals surface area (Å²) in [5.74, 6) is 0. The fourth-order valence-electron chi connectivity index (χ4n) is 6.81. The molecule has 0 spiro atoms. The van der Waals surface area contributed by atoms with Crippen LogP contribution in [-0.2, 0) is 17.1 Å². The molecule has 0 aliphatic carbocycles. The SMILES string of the molecule is Cl.[Cu].c1ccc(P(c2ccccc2)c2ccccc2)cc1.c1ccc([PH+](c2ccccc2)c2ccccc2)cc1.c1ccc([PH+](c2ccccc2)c2ccccc2)cc1. The van der Waals surface area contributed by atoms with Crippen LogP contribution in [0.2, 0.25) is 0 Å². The van der Waals surface area contributed by atoms with Gasteiger partial charge in [0.1, 0.15) is 31.8 Å². The normalized spacial score (nSPS) is 10.2. The van der Waals surface area contributed by atoms with Gasteiger partial charge in [0.2, 0.25) is 0 Å². The molecule has 0 unspecified atom stereocenters. The molecule has 0 saturated heterocycles. The fraction of sp³-hybridized carbons (Fsp3) is 0. The minimum atomic E-state index is -0.877. The standard InChI is InChI=1S/3C18H15P.ClH.Cu/c3*1-4-10-16(11-5-1)19(17-12-6-2-7-13-17)18-14-8-3-9-15-18;;/h3*1-15H;1H;/p+2. The zero-order valence-electron chi connectivity index (χ0n) is 32.6. The van der Waals surface area contributed by atoms with Crippen LogP contribution in [0.3, 0.4) is 0 Å². The molecule has 0 fully saturated rings. The van der Waals surface area contributed by atoms with Crippen LogP contribution < -0.4 is 47.7 Å². The molecule has 9 aromatic rings. The summed E-state index contributed by atoms with van der Waals surface area (Å²) < 4.78 is 0. The Morgan fingerprint density at radius 1 is 0.203 bits per heavy atom. The maximum absolute atomic E-state index is 2.24. The first-order valence-corrected chi connectivity index (χ1v) is 23.7. The van der Waals surface area contributed by atoms with E-state index in [4.69, 9.17) is 0 Å². The third kappa shape index (κ3) is 13.0. The molecule has 5 heteroatoms. The topological polar surface area (TPSA) is 0 Å². The van der Waals surface area contributed by atoms with Crippen LogP contribution in [0.25, 0.3) is 0 Å². The number of benzene rings is 9. The molecule has 0 bridgehead atoms. The van der Waals surface area contributed by atoms with E-state index in [1.54, 1.807) is 0 Å². The van der Waals surface area contributed by atoms with Crippen molar-refractivity contribution < 1.29 is 17.1 Å². The summed E-state index contributed by atoms with van der Waals surface area (Å²) in [5, 5.41) is 12.8. The second-order valence-electron chi connectivity index (χ2n) is 13.3. The third-order valence-corrected chi connectivity index (χ3v) is 17.3. The maximum atomic E-state index is 2.24. The van der Waals surface area contributed by atoms with Crippen molar-refractivity contribution in [3.8, 4) is 0 Å².